The van der Waals surface area contributed by atoms with E-state index in [-0.39, 0.29) is 0 Å². The van der Waals surface area contributed by atoms with Crippen LogP contribution in [0.5, 0.6) is 0 Å². The average molecular weight is 262 g/mol. The van der Waals surface area contributed by atoms with E-state index in [0.29, 0.717) is 11.0 Å². The molecule has 0 aliphatic heterocycles. The van der Waals surface area contributed by atoms with Gasteiger partial charge in [-0.3, -0.25) is 0 Å². The van der Waals surface area contributed by atoms with Crippen molar-refractivity contribution in [2.45, 2.75) is 38.6 Å². The maximum absolute atomic E-state index is 5.81. The van der Waals surface area contributed by atoms with Gasteiger partial charge in [0.15, 0.2) is 0 Å². The monoisotopic (exact) mass is 262 g/mol. The molecule has 0 spiro atoms. The lowest BCUT2D eigenvalue weighted by atomic mass is 9.86. The first-order valence-electron chi connectivity index (χ1n) is 6.71. The zero-order valence-electron chi connectivity index (χ0n) is 11.2. The van der Waals surface area contributed by atoms with E-state index < -0.39 is 0 Å². The SMILES string of the molecule is CC1CCCC(N(C)c2ccccc2C(N)=S)C1. The second-order valence-electron chi connectivity index (χ2n) is 5.42. The Labute approximate surface area is 115 Å². The van der Waals surface area contributed by atoms with Crippen LogP contribution in [0.4, 0.5) is 5.69 Å². The number of hydrogen-bond donors (Lipinski definition) is 1. The lowest BCUT2D eigenvalue weighted by Gasteiger charge is -2.36. The summed E-state index contributed by atoms with van der Waals surface area (Å²) in [5.74, 6) is 0.822. The van der Waals surface area contributed by atoms with E-state index in [1.807, 2.05) is 12.1 Å². The van der Waals surface area contributed by atoms with Crippen LogP contribution in [0.1, 0.15) is 38.2 Å². The fraction of sp³-hybridized carbons (Fsp3) is 0.533. The Morgan fingerprint density at radius 3 is 2.72 bits per heavy atom. The molecule has 2 atom stereocenters. The number of hydrogen-bond acceptors (Lipinski definition) is 2. The highest BCUT2D eigenvalue weighted by Crippen LogP contribution is 2.31. The molecule has 0 aromatic heterocycles. The fourth-order valence-corrected chi connectivity index (χ4v) is 3.11. The highest BCUT2D eigenvalue weighted by molar-refractivity contribution is 7.80. The second kappa shape index (κ2) is 5.70. The number of anilines is 1. The minimum absolute atomic E-state index is 0.487. The number of thiocarbonyl (C=S) groups is 1. The van der Waals surface area contributed by atoms with Crippen molar-refractivity contribution < 1.29 is 0 Å². The molecule has 2 unspecified atom stereocenters. The summed E-state index contributed by atoms with van der Waals surface area (Å²) >= 11 is 5.14. The average Bonchev–Trinajstić information content (AvgIpc) is 2.38. The zero-order valence-corrected chi connectivity index (χ0v) is 12.0. The highest BCUT2D eigenvalue weighted by atomic mass is 32.1. The van der Waals surface area contributed by atoms with Gasteiger partial charge < -0.3 is 10.6 Å². The van der Waals surface area contributed by atoms with Crippen LogP contribution < -0.4 is 10.6 Å². The maximum atomic E-state index is 5.81. The number of rotatable bonds is 3. The Morgan fingerprint density at radius 1 is 1.33 bits per heavy atom. The lowest BCUT2D eigenvalue weighted by Crippen LogP contribution is -2.36. The molecule has 1 saturated carbocycles. The molecule has 1 aliphatic rings. The van der Waals surface area contributed by atoms with Gasteiger partial charge in [-0.25, -0.2) is 0 Å². The molecule has 1 aromatic rings. The summed E-state index contributed by atoms with van der Waals surface area (Å²) in [6.07, 6.45) is 5.22. The summed E-state index contributed by atoms with van der Waals surface area (Å²) in [4.78, 5) is 2.85. The smallest absolute Gasteiger partial charge is 0.106 e. The van der Waals surface area contributed by atoms with Crippen molar-refractivity contribution in [3.63, 3.8) is 0 Å². The van der Waals surface area contributed by atoms with E-state index >= 15 is 0 Å². The molecule has 1 fully saturated rings. The summed E-state index contributed by atoms with van der Waals surface area (Å²) in [5, 5.41) is 0. The van der Waals surface area contributed by atoms with Crippen LogP contribution in [0.2, 0.25) is 0 Å². The van der Waals surface area contributed by atoms with Gasteiger partial charge in [0.1, 0.15) is 4.99 Å². The van der Waals surface area contributed by atoms with Gasteiger partial charge in [0.2, 0.25) is 0 Å². The minimum atomic E-state index is 0.487. The van der Waals surface area contributed by atoms with E-state index in [2.05, 4.69) is 31.0 Å². The molecule has 1 aromatic carbocycles. The van der Waals surface area contributed by atoms with Crippen molar-refractivity contribution in [2.24, 2.45) is 11.7 Å². The van der Waals surface area contributed by atoms with Gasteiger partial charge in [0.05, 0.1) is 0 Å². The van der Waals surface area contributed by atoms with E-state index in [1.54, 1.807) is 0 Å². The molecule has 2 nitrogen and oxygen atoms in total. The molecule has 0 radical (unpaired) electrons. The highest BCUT2D eigenvalue weighted by Gasteiger charge is 2.23. The van der Waals surface area contributed by atoms with Gasteiger partial charge in [-0.2, -0.15) is 0 Å². The Morgan fingerprint density at radius 2 is 2.06 bits per heavy atom. The quantitative estimate of drug-likeness (QED) is 0.847. The van der Waals surface area contributed by atoms with Crippen LogP contribution in [0, 0.1) is 5.92 Å². The van der Waals surface area contributed by atoms with Crippen LogP contribution >= 0.6 is 12.2 Å². The van der Waals surface area contributed by atoms with Crippen LogP contribution in [0.3, 0.4) is 0 Å². The number of para-hydroxylation sites is 1. The Hall–Kier alpha value is -1.09. The van der Waals surface area contributed by atoms with Crippen molar-refractivity contribution >= 4 is 22.9 Å². The van der Waals surface area contributed by atoms with Gasteiger partial charge in [-0.05, 0) is 30.9 Å². The molecule has 98 valence electrons. The Kier molecular flexibility index (Phi) is 4.23. The molecule has 2 N–H and O–H groups in total. The van der Waals surface area contributed by atoms with Gasteiger partial charge in [-0.15, -0.1) is 0 Å². The predicted octanol–water partition coefficient (Wildman–Crippen LogP) is 3.34. The summed E-state index contributed by atoms with van der Waals surface area (Å²) in [7, 11) is 2.17. The molecule has 2 rings (SSSR count). The van der Waals surface area contributed by atoms with Crippen molar-refractivity contribution in [1.82, 2.24) is 0 Å². The molecule has 0 bridgehead atoms. The fourth-order valence-electron chi connectivity index (χ4n) is 2.94. The normalized spacial score (nSPS) is 23.7. The molecule has 0 saturated heterocycles. The topological polar surface area (TPSA) is 29.3 Å². The van der Waals surface area contributed by atoms with E-state index in [1.165, 1.54) is 31.4 Å². The second-order valence-corrected chi connectivity index (χ2v) is 5.86. The van der Waals surface area contributed by atoms with Crippen LogP contribution in [0.15, 0.2) is 24.3 Å². The molecule has 0 heterocycles. The first kappa shape index (κ1) is 13.3. The van der Waals surface area contributed by atoms with Gasteiger partial charge in [-0.1, -0.05) is 44.1 Å². The summed E-state index contributed by atoms with van der Waals surface area (Å²) in [5.41, 5.74) is 7.98. The van der Waals surface area contributed by atoms with E-state index in [9.17, 15) is 0 Å². The molecular weight excluding hydrogens is 240 g/mol. The first-order chi connectivity index (χ1) is 8.59. The molecular formula is C15H22N2S. The van der Waals surface area contributed by atoms with Crippen molar-refractivity contribution in [3.05, 3.63) is 29.8 Å². The third-order valence-electron chi connectivity index (χ3n) is 4.01. The molecule has 3 heteroatoms. The third kappa shape index (κ3) is 2.83. The van der Waals surface area contributed by atoms with Crippen LogP contribution in [-0.2, 0) is 0 Å². The number of nitrogens with zero attached hydrogens (tertiary/aromatic N) is 1. The van der Waals surface area contributed by atoms with Crippen molar-refractivity contribution in [2.75, 3.05) is 11.9 Å². The largest absolute Gasteiger partial charge is 0.389 e. The Bertz CT molecular complexity index is 430. The van der Waals surface area contributed by atoms with E-state index in [4.69, 9.17) is 18.0 Å². The number of benzene rings is 1. The van der Waals surface area contributed by atoms with Gasteiger partial charge in [0.25, 0.3) is 0 Å². The lowest BCUT2D eigenvalue weighted by molar-refractivity contribution is 0.336. The molecule has 1 aliphatic carbocycles. The maximum Gasteiger partial charge on any atom is 0.106 e. The number of nitrogens with two attached hydrogens (primary N) is 1. The minimum Gasteiger partial charge on any atom is -0.389 e. The van der Waals surface area contributed by atoms with Crippen molar-refractivity contribution in [3.8, 4) is 0 Å². The van der Waals surface area contributed by atoms with Crippen LogP contribution in [0.25, 0.3) is 0 Å². The van der Waals surface area contributed by atoms with Crippen molar-refractivity contribution in [1.29, 1.82) is 0 Å². The van der Waals surface area contributed by atoms with Gasteiger partial charge in [0, 0.05) is 24.3 Å². The first-order valence-corrected chi connectivity index (χ1v) is 7.12. The summed E-state index contributed by atoms with van der Waals surface area (Å²) in [6, 6.07) is 8.80. The third-order valence-corrected chi connectivity index (χ3v) is 4.23. The predicted molar refractivity (Wildman–Crippen MR) is 82.2 cm³/mol. The molecule has 18 heavy (non-hydrogen) atoms. The van der Waals surface area contributed by atoms with E-state index in [0.717, 1.165) is 11.5 Å². The molecule has 0 amide bonds. The zero-order chi connectivity index (χ0) is 13.1. The summed E-state index contributed by atoms with van der Waals surface area (Å²) in [6.45, 7) is 2.35. The summed E-state index contributed by atoms with van der Waals surface area (Å²) < 4.78 is 0. The standard InChI is InChI=1S/C15H22N2S/c1-11-6-5-7-12(10-11)17(2)14-9-4-3-8-13(14)15(16)18/h3-4,8-9,11-12H,5-7,10H2,1-2H3,(H2,16,18). The van der Waals surface area contributed by atoms with Crippen LogP contribution in [-0.4, -0.2) is 18.1 Å². The Balaban J connectivity index is 2.22. The van der Waals surface area contributed by atoms with Gasteiger partial charge >= 0.3 is 0 Å².